The molecule has 2 aromatic heterocycles. The zero-order chi connectivity index (χ0) is 13.3. The van der Waals surface area contributed by atoms with E-state index in [1.165, 1.54) is 11.4 Å². The van der Waals surface area contributed by atoms with Gasteiger partial charge in [-0.25, -0.2) is 13.2 Å². The number of halogens is 1. The van der Waals surface area contributed by atoms with Crippen molar-refractivity contribution < 1.29 is 18.3 Å². The predicted molar refractivity (Wildman–Crippen MR) is 74.1 cm³/mol. The SMILES string of the molecule is O=C(O)c1sccc1NS(=O)(=O)c1sccc1Br. The first kappa shape index (κ1) is 13.5. The van der Waals surface area contributed by atoms with E-state index >= 15 is 0 Å². The Morgan fingerprint density at radius 2 is 1.94 bits per heavy atom. The molecule has 18 heavy (non-hydrogen) atoms. The van der Waals surface area contributed by atoms with E-state index in [-0.39, 0.29) is 14.8 Å². The van der Waals surface area contributed by atoms with Gasteiger partial charge in [0.1, 0.15) is 4.88 Å². The Morgan fingerprint density at radius 3 is 2.50 bits per heavy atom. The van der Waals surface area contributed by atoms with Crippen molar-refractivity contribution in [3.05, 3.63) is 32.2 Å². The van der Waals surface area contributed by atoms with Crippen LogP contribution in [0.5, 0.6) is 0 Å². The van der Waals surface area contributed by atoms with Crippen LogP contribution in [0.4, 0.5) is 5.69 Å². The molecule has 0 aromatic carbocycles. The minimum Gasteiger partial charge on any atom is -0.477 e. The highest BCUT2D eigenvalue weighted by atomic mass is 79.9. The third-order valence-corrected chi connectivity index (χ3v) is 6.87. The molecule has 2 N–H and O–H groups in total. The van der Waals surface area contributed by atoms with Gasteiger partial charge in [-0.2, -0.15) is 0 Å². The summed E-state index contributed by atoms with van der Waals surface area (Å²) in [6.07, 6.45) is 0. The fourth-order valence-corrected chi connectivity index (χ4v) is 5.38. The lowest BCUT2D eigenvalue weighted by Crippen LogP contribution is -2.13. The number of carboxylic acid groups (broad SMARTS) is 1. The molecule has 0 aliphatic carbocycles. The number of sulfonamides is 1. The second-order valence-electron chi connectivity index (χ2n) is 3.13. The molecule has 0 saturated carbocycles. The summed E-state index contributed by atoms with van der Waals surface area (Å²) in [4.78, 5) is 10.9. The molecule has 2 heterocycles. The summed E-state index contributed by atoms with van der Waals surface area (Å²) in [6, 6.07) is 3.04. The second kappa shape index (κ2) is 5.00. The Balaban J connectivity index is 2.37. The van der Waals surface area contributed by atoms with Crippen molar-refractivity contribution in [2.24, 2.45) is 0 Å². The zero-order valence-electron chi connectivity index (χ0n) is 8.58. The molecule has 0 unspecified atom stereocenters. The molecule has 0 amide bonds. The normalized spacial score (nSPS) is 11.4. The molecule has 0 bridgehead atoms. The highest BCUT2D eigenvalue weighted by Gasteiger charge is 2.22. The third kappa shape index (κ3) is 2.58. The molecule has 2 aromatic rings. The average molecular weight is 368 g/mol. The number of aromatic carboxylic acids is 1. The van der Waals surface area contributed by atoms with E-state index in [2.05, 4.69) is 20.7 Å². The van der Waals surface area contributed by atoms with Gasteiger partial charge < -0.3 is 5.11 Å². The molecule has 0 fully saturated rings. The maximum absolute atomic E-state index is 12.0. The second-order valence-corrected chi connectivity index (χ2v) is 7.69. The lowest BCUT2D eigenvalue weighted by molar-refractivity contribution is 0.0703. The van der Waals surface area contributed by atoms with Gasteiger partial charge in [-0.1, -0.05) is 0 Å². The molecule has 0 radical (unpaired) electrons. The van der Waals surface area contributed by atoms with Gasteiger partial charge in [-0.3, -0.25) is 4.72 Å². The number of thiophene rings is 2. The van der Waals surface area contributed by atoms with Crippen LogP contribution < -0.4 is 4.72 Å². The first-order chi connectivity index (χ1) is 8.42. The van der Waals surface area contributed by atoms with E-state index in [0.29, 0.717) is 4.47 Å². The van der Waals surface area contributed by atoms with Gasteiger partial charge in [0.15, 0.2) is 4.21 Å². The smallest absolute Gasteiger partial charge is 0.348 e. The van der Waals surface area contributed by atoms with Gasteiger partial charge in [0.05, 0.1) is 5.69 Å². The fourth-order valence-electron chi connectivity index (χ4n) is 1.22. The number of nitrogens with one attached hydrogen (secondary N) is 1. The van der Waals surface area contributed by atoms with Gasteiger partial charge >= 0.3 is 5.97 Å². The minimum absolute atomic E-state index is 0.0359. The minimum atomic E-state index is -3.76. The summed E-state index contributed by atoms with van der Waals surface area (Å²) in [7, 11) is -3.76. The zero-order valence-corrected chi connectivity index (χ0v) is 12.6. The molecule has 0 spiro atoms. The number of carbonyl (C=O) groups is 1. The van der Waals surface area contributed by atoms with E-state index < -0.39 is 16.0 Å². The summed E-state index contributed by atoms with van der Waals surface area (Å²) >= 11 is 5.15. The topological polar surface area (TPSA) is 83.5 Å². The average Bonchev–Trinajstić information content (AvgIpc) is 2.86. The van der Waals surface area contributed by atoms with Crippen molar-refractivity contribution in [1.82, 2.24) is 0 Å². The Hall–Kier alpha value is -0.900. The van der Waals surface area contributed by atoms with Crippen LogP contribution in [0.1, 0.15) is 9.67 Å². The Kier molecular flexibility index (Phi) is 3.76. The van der Waals surface area contributed by atoms with Crippen molar-refractivity contribution in [1.29, 1.82) is 0 Å². The monoisotopic (exact) mass is 367 g/mol. The van der Waals surface area contributed by atoms with E-state index in [1.807, 2.05) is 0 Å². The largest absolute Gasteiger partial charge is 0.477 e. The van der Waals surface area contributed by atoms with Crippen LogP contribution in [0.25, 0.3) is 0 Å². The molecular weight excluding hydrogens is 362 g/mol. The lowest BCUT2D eigenvalue weighted by Gasteiger charge is -2.05. The van der Waals surface area contributed by atoms with Gasteiger partial charge in [0.25, 0.3) is 10.0 Å². The van der Waals surface area contributed by atoms with Crippen molar-refractivity contribution in [3.8, 4) is 0 Å². The van der Waals surface area contributed by atoms with Gasteiger partial charge in [0.2, 0.25) is 0 Å². The number of anilines is 1. The van der Waals surface area contributed by atoms with Crippen molar-refractivity contribution in [3.63, 3.8) is 0 Å². The molecular formula is C9H6BrNO4S3. The third-order valence-electron chi connectivity index (χ3n) is 1.93. The molecule has 2 rings (SSSR count). The van der Waals surface area contributed by atoms with Crippen molar-refractivity contribution in [2.75, 3.05) is 4.72 Å². The Bertz CT molecular complexity index is 688. The van der Waals surface area contributed by atoms with Crippen molar-refractivity contribution in [2.45, 2.75) is 4.21 Å². The highest BCUT2D eigenvalue weighted by molar-refractivity contribution is 9.10. The lowest BCUT2D eigenvalue weighted by atomic mass is 10.4. The summed E-state index contributed by atoms with van der Waals surface area (Å²) in [5.74, 6) is -1.16. The molecule has 9 heteroatoms. The number of carboxylic acids is 1. The summed E-state index contributed by atoms with van der Waals surface area (Å²) in [6.45, 7) is 0. The highest BCUT2D eigenvalue weighted by Crippen LogP contribution is 2.31. The number of hydrogen-bond donors (Lipinski definition) is 2. The van der Waals surface area contributed by atoms with Crippen LogP contribution in [0.2, 0.25) is 0 Å². The fraction of sp³-hybridized carbons (Fsp3) is 0. The first-order valence-electron chi connectivity index (χ1n) is 4.48. The molecule has 0 saturated heterocycles. The standard InChI is InChI=1S/C9H6BrNO4S3/c10-5-1-3-17-9(5)18(14,15)11-6-2-4-16-7(6)8(12)13/h1-4,11H,(H,12,13). The van der Waals surface area contributed by atoms with Crippen LogP contribution in [-0.2, 0) is 10.0 Å². The van der Waals surface area contributed by atoms with Gasteiger partial charge in [0, 0.05) is 4.47 Å². The summed E-state index contributed by atoms with van der Waals surface area (Å²) in [5.41, 5.74) is 0.0767. The number of rotatable bonds is 4. The molecule has 0 atom stereocenters. The Morgan fingerprint density at radius 1 is 1.28 bits per heavy atom. The maximum atomic E-state index is 12.0. The van der Waals surface area contributed by atoms with Crippen LogP contribution >= 0.6 is 38.6 Å². The molecule has 96 valence electrons. The predicted octanol–water partition coefficient (Wildman–Crippen LogP) is 3.07. The van der Waals surface area contributed by atoms with Gasteiger partial charge in [-0.05, 0) is 38.8 Å². The van der Waals surface area contributed by atoms with Crippen LogP contribution in [0.15, 0.2) is 31.6 Å². The van der Waals surface area contributed by atoms with Crippen molar-refractivity contribution >= 4 is 60.3 Å². The van der Waals surface area contributed by atoms with E-state index in [4.69, 9.17) is 5.11 Å². The molecule has 0 aliphatic rings. The van der Waals surface area contributed by atoms with E-state index in [9.17, 15) is 13.2 Å². The van der Waals surface area contributed by atoms with Gasteiger partial charge in [-0.15, -0.1) is 22.7 Å². The first-order valence-corrected chi connectivity index (χ1v) is 8.52. The van der Waals surface area contributed by atoms with Crippen LogP contribution in [-0.4, -0.2) is 19.5 Å². The quantitative estimate of drug-likeness (QED) is 0.869. The summed E-state index contributed by atoms with van der Waals surface area (Å²) < 4.78 is 26.9. The molecule has 5 nitrogen and oxygen atoms in total. The number of hydrogen-bond acceptors (Lipinski definition) is 5. The van der Waals surface area contributed by atoms with Crippen LogP contribution in [0, 0.1) is 0 Å². The summed E-state index contributed by atoms with van der Waals surface area (Å²) in [5, 5.41) is 12.1. The van der Waals surface area contributed by atoms with E-state index in [0.717, 1.165) is 22.7 Å². The van der Waals surface area contributed by atoms with Crippen LogP contribution in [0.3, 0.4) is 0 Å². The Labute approximate surface area is 119 Å². The van der Waals surface area contributed by atoms with E-state index in [1.54, 1.807) is 11.4 Å². The molecule has 0 aliphatic heterocycles. The maximum Gasteiger partial charge on any atom is 0.348 e.